The van der Waals surface area contributed by atoms with Crippen molar-refractivity contribution in [1.82, 2.24) is 4.90 Å². The van der Waals surface area contributed by atoms with Gasteiger partial charge >= 0.3 is 0 Å². The Bertz CT molecular complexity index is 972. The van der Waals surface area contributed by atoms with E-state index in [0.29, 0.717) is 12.1 Å². The van der Waals surface area contributed by atoms with Crippen LogP contribution < -0.4 is 5.73 Å². The second-order valence-corrected chi connectivity index (χ2v) is 8.90. The van der Waals surface area contributed by atoms with Crippen LogP contribution >= 0.6 is 0 Å². The van der Waals surface area contributed by atoms with Gasteiger partial charge in [0.05, 0.1) is 23.4 Å². The minimum atomic E-state index is -1.56. The standard InChI is InChI=1S/C24H27N5/c1-5-29-11-10-18-19(12-25)22(28)24(14-26,15-27)21(20(18)13-29)16-6-8-17(9-7-16)23(2,3)4/h6-10,20-21H,5,11,13,28H2,1-4H3/t20-,21-/m0/s1. The zero-order valence-electron chi connectivity index (χ0n) is 17.5. The average Bonchev–Trinajstić information content (AvgIpc) is 2.72. The van der Waals surface area contributed by atoms with E-state index in [1.165, 1.54) is 5.56 Å². The lowest BCUT2D eigenvalue weighted by Crippen LogP contribution is -2.48. The smallest absolute Gasteiger partial charge is 0.191 e. The van der Waals surface area contributed by atoms with Gasteiger partial charge in [-0.3, -0.25) is 4.90 Å². The predicted molar refractivity (Wildman–Crippen MR) is 112 cm³/mol. The highest BCUT2D eigenvalue weighted by Gasteiger charge is 2.54. The van der Waals surface area contributed by atoms with E-state index in [1.54, 1.807) is 0 Å². The summed E-state index contributed by atoms with van der Waals surface area (Å²) in [6, 6.07) is 14.7. The molecule has 0 saturated heterocycles. The Morgan fingerprint density at radius 1 is 1.14 bits per heavy atom. The highest BCUT2D eigenvalue weighted by Crippen LogP contribution is 2.54. The zero-order valence-corrected chi connectivity index (χ0v) is 17.5. The molecule has 29 heavy (non-hydrogen) atoms. The molecule has 5 heteroatoms. The molecule has 2 N–H and O–H groups in total. The number of likely N-dealkylation sites (N-methyl/N-ethyl adjacent to an activating group) is 1. The molecule has 0 saturated carbocycles. The van der Waals surface area contributed by atoms with Gasteiger partial charge in [0.15, 0.2) is 5.41 Å². The van der Waals surface area contributed by atoms with Gasteiger partial charge in [-0.1, -0.05) is 58.0 Å². The summed E-state index contributed by atoms with van der Waals surface area (Å²) >= 11 is 0. The van der Waals surface area contributed by atoms with Crippen molar-refractivity contribution >= 4 is 0 Å². The van der Waals surface area contributed by atoms with E-state index in [1.807, 2.05) is 18.2 Å². The summed E-state index contributed by atoms with van der Waals surface area (Å²) in [5, 5.41) is 30.0. The topological polar surface area (TPSA) is 101 Å². The fourth-order valence-electron chi connectivity index (χ4n) is 4.56. The van der Waals surface area contributed by atoms with Crippen molar-refractivity contribution in [3.8, 4) is 18.2 Å². The van der Waals surface area contributed by atoms with Gasteiger partial charge < -0.3 is 5.73 Å². The van der Waals surface area contributed by atoms with E-state index >= 15 is 0 Å². The van der Waals surface area contributed by atoms with E-state index < -0.39 is 11.3 Å². The highest BCUT2D eigenvalue weighted by molar-refractivity contribution is 5.59. The molecule has 1 heterocycles. The van der Waals surface area contributed by atoms with Crippen molar-refractivity contribution < 1.29 is 0 Å². The molecule has 1 aromatic carbocycles. The van der Waals surface area contributed by atoms with Crippen LogP contribution in [0.1, 0.15) is 44.7 Å². The predicted octanol–water partition coefficient (Wildman–Crippen LogP) is 3.73. The van der Waals surface area contributed by atoms with Crippen molar-refractivity contribution in [3.63, 3.8) is 0 Å². The first kappa shape index (κ1) is 20.7. The summed E-state index contributed by atoms with van der Waals surface area (Å²) in [5.74, 6) is -0.561. The molecule has 0 fully saturated rings. The minimum Gasteiger partial charge on any atom is -0.399 e. The van der Waals surface area contributed by atoms with Crippen LogP contribution in [0.5, 0.6) is 0 Å². The fourth-order valence-corrected chi connectivity index (χ4v) is 4.56. The Morgan fingerprint density at radius 3 is 2.24 bits per heavy atom. The Kier molecular flexibility index (Phi) is 5.27. The first-order chi connectivity index (χ1) is 13.7. The lowest BCUT2D eigenvalue weighted by molar-refractivity contribution is 0.214. The average molecular weight is 386 g/mol. The number of allylic oxidation sites excluding steroid dienone is 2. The van der Waals surface area contributed by atoms with Crippen LogP contribution in [-0.2, 0) is 5.41 Å². The third kappa shape index (κ3) is 3.21. The highest BCUT2D eigenvalue weighted by atomic mass is 15.1. The Balaban J connectivity index is 2.25. The second kappa shape index (κ2) is 7.40. The first-order valence-electron chi connectivity index (χ1n) is 9.99. The number of rotatable bonds is 2. The van der Waals surface area contributed by atoms with Crippen molar-refractivity contribution in [2.45, 2.75) is 39.0 Å². The van der Waals surface area contributed by atoms with Crippen molar-refractivity contribution in [1.29, 1.82) is 15.8 Å². The van der Waals surface area contributed by atoms with Crippen LogP contribution in [0.2, 0.25) is 0 Å². The Labute approximate surface area is 173 Å². The third-order valence-corrected chi connectivity index (χ3v) is 6.32. The molecule has 1 aliphatic carbocycles. The maximum absolute atomic E-state index is 10.1. The summed E-state index contributed by atoms with van der Waals surface area (Å²) in [6.45, 7) is 10.8. The molecule has 0 amide bonds. The van der Waals surface area contributed by atoms with Gasteiger partial charge in [-0.2, -0.15) is 15.8 Å². The molecule has 3 rings (SSSR count). The van der Waals surface area contributed by atoms with E-state index in [4.69, 9.17) is 5.73 Å². The minimum absolute atomic E-state index is 0.00839. The second-order valence-electron chi connectivity index (χ2n) is 8.90. The van der Waals surface area contributed by atoms with Crippen molar-refractivity contribution in [3.05, 3.63) is 58.3 Å². The molecule has 0 unspecified atom stereocenters. The molecule has 0 spiro atoms. The molecule has 0 aromatic heterocycles. The fraction of sp³-hybridized carbons (Fsp3) is 0.458. The molecule has 1 aromatic rings. The van der Waals surface area contributed by atoms with Gasteiger partial charge in [0.2, 0.25) is 0 Å². The monoisotopic (exact) mass is 385 g/mol. The van der Waals surface area contributed by atoms with Crippen LogP contribution in [0.25, 0.3) is 0 Å². The molecule has 5 nitrogen and oxygen atoms in total. The zero-order chi connectivity index (χ0) is 21.4. The molecule has 2 atom stereocenters. The van der Waals surface area contributed by atoms with Crippen LogP contribution in [0.4, 0.5) is 0 Å². The van der Waals surface area contributed by atoms with Gasteiger partial charge in [0.25, 0.3) is 0 Å². The molecule has 148 valence electrons. The quantitative estimate of drug-likeness (QED) is 0.836. The Morgan fingerprint density at radius 2 is 1.76 bits per heavy atom. The van der Waals surface area contributed by atoms with Gasteiger partial charge in [-0.15, -0.1) is 0 Å². The lowest BCUT2D eigenvalue weighted by Gasteiger charge is -2.45. The number of hydrogen-bond acceptors (Lipinski definition) is 5. The molecule has 2 aliphatic rings. The van der Waals surface area contributed by atoms with Crippen LogP contribution in [0.3, 0.4) is 0 Å². The van der Waals surface area contributed by atoms with E-state index in [9.17, 15) is 15.8 Å². The Hall–Kier alpha value is -3.07. The molecular weight excluding hydrogens is 358 g/mol. The van der Waals surface area contributed by atoms with E-state index in [0.717, 1.165) is 24.2 Å². The van der Waals surface area contributed by atoms with E-state index in [2.05, 4.69) is 62.9 Å². The van der Waals surface area contributed by atoms with Crippen molar-refractivity contribution in [2.75, 3.05) is 19.6 Å². The van der Waals surface area contributed by atoms with Crippen molar-refractivity contribution in [2.24, 2.45) is 17.1 Å². The largest absolute Gasteiger partial charge is 0.399 e. The summed E-state index contributed by atoms with van der Waals surface area (Å²) < 4.78 is 0. The number of nitrogens with two attached hydrogens (primary N) is 1. The van der Waals surface area contributed by atoms with Gasteiger partial charge in [0.1, 0.15) is 6.07 Å². The SMILES string of the molecule is CCN1CC=C2C(C#N)=C(N)C(C#N)(C#N)[C@@H](c3ccc(C(C)(C)C)cc3)[C@H]2C1. The number of benzene rings is 1. The maximum atomic E-state index is 10.1. The summed E-state index contributed by atoms with van der Waals surface area (Å²) in [5.41, 5.74) is 8.16. The van der Waals surface area contributed by atoms with E-state index in [-0.39, 0.29) is 17.0 Å². The molecule has 0 radical (unpaired) electrons. The van der Waals surface area contributed by atoms with Gasteiger partial charge in [-0.25, -0.2) is 0 Å². The van der Waals surface area contributed by atoms with Crippen LogP contribution in [-0.4, -0.2) is 24.5 Å². The first-order valence-corrected chi connectivity index (χ1v) is 9.99. The van der Waals surface area contributed by atoms with Crippen LogP contribution in [0.15, 0.2) is 47.2 Å². The molecule has 1 aliphatic heterocycles. The number of nitrogens with zero attached hydrogens (tertiary/aromatic N) is 4. The van der Waals surface area contributed by atoms with Crippen LogP contribution in [0, 0.1) is 45.3 Å². The normalized spacial score (nSPS) is 24.0. The summed E-state index contributed by atoms with van der Waals surface area (Å²) in [7, 11) is 0. The molecule has 0 bridgehead atoms. The lowest BCUT2D eigenvalue weighted by atomic mass is 9.58. The maximum Gasteiger partial charge on any atom is 0.191 e. The van der Waals surface area contributed by atoms with Gasteiger partial charge in [-0.05, 0) is 28.7 Å². The van der Waals surface area contributed by atoms with Gasteiger partial charge in [0, 0.05) is 24.9 Å². The number of hydrogen-bond donors (Lipinski definition) is 1. The molecular formula is C24H27N5. The third-order valence-electron chi connectivity index (χ3n) is 6.32. The summed E-state index contributed by atoms with van der Waals surface area (Å²) in [6.07, 6.45) is 2.04. The number of nitriles is 3. The number of fused-ring (bicyclic) bond motifs is 1. The summed E-state index contributed by atoms with van der Waals surface area (Å²) in [4.78, 5) is 2.26.